The lowest BCUT2D eigenvalue weighted by molar-refractivity contribution is -0.127. The number of para-hydroxylation sites is 1. The number of thioether (sulfide) groups is 1. The van der Waals surface area contributed by atoms with E-state index in [4.69, 9.17) is 11.6 Å². The van der Waals surface area contributed by atoms with Crippen molar-refractivity contribution in [3.05, 3.63) is 64.0 Å². The number of hydrogen-bond donors (Lipinski definition) is 2. The average Bonchev–Trinajstić information content (AvgIpc) is 2.86. The number of amides is 3. The summed E-state index contributed by atoms with van der Waals surface area (Å²) in [5.74, 6) is -1.09. The standard InChI is InChI=1S/C18H13ClN2O4S/c19-13-8-11(6-7-14(13)22)9-15-17(24)21(18(25)26-15)10-16(23)20-12-4-2-1-3-5-12/h1-9,22H,10H2,(H,20,23)/b15-9-. The molecule has 26 heavy (non-hydrogen) atoms. The fraction of sp³-hybridized carbons (Fsp3) is 0.0556. The molecule has 132 valence electrons. The first-order chi connectivity index (χ1) is 12.4. The molecule has 0 radical (unpaired) electrons. The van der Waals surface area contributed by atoms with Gasteiger partial charge in [-0.05, 0) is 47.7 Å². The summed E-state index contributed by atoms with van der Waals surface area (Å²) in [5, 5.41) is 11.7. The summed E-state index contributed by atoms with van der Waals surface area (Å²) in [6.45, 7) is -0.368. The molecule has 8 heteroatoms. The zero-order valence-electron chi connectivity index (χ0n) is 13.3. The van der Waals surface area contributed by atoms with Crippen molar-refractivity contribution >= 4 is 52.2 Å². The van der Waals surface area contributed by atoms with Gasteiger partial charge in [0.25, 0.3) is 11.1 Å². The summed E-state index contributed by atoms with van der Waals surface area (Å²) in [5.41, 5.74) is 1.14. The number of carbonyl (C=O) groups is 3. The second kappa shape index (κ2) is 7.63. The summed E-state index contributed by atoms with van der Waals surface area (Å²) in [4.78, 5) is 37.6. The van der Waals surface area contributed by atoms with E-state index in [9.17, 15) is 19.5 Å². The third-order valence-corrected chi connectivity index (χ3v) is 4.71. The van der Waals surface area contributed by atoms with Crippen molar-refractivity contribution < 1.29 is 19.5 Å². The molecule has 0 bridgehead atoms. The molecule has 0 spiro atoms. The van der Waals surface area contributed by atoms with Crippen LogP contribution in [0.1, 0.15) is 5.56 Å². The smallest absolute Gasteiger partial charge is 0.294 e. The number of carbonyl (C=O) groups excluding carboxylic acids is 3. The van der Waals surface area contributed by atoms with Crippen LogP contribution >= 0.6 is 23.4 Å². The van der Waals surface area contributed by atoms with Crippen LogP contribution in [0.2, 0.25) is 5.02 Å². The van der Waals surface area contributed by atoms with E-state index in [-0.39, 0.29) is 22.2 Å². The van der Waals surface area contributed by atoms with Crippen molar-refractivity contribution in [3.8, 4) is 5.75 Å². The van der Waals surface area contributed by atoms with Gasteiger partial charge in [0.1, 0.15) is 12.3 Å². The Bertz CT molecular complexity index is 915. The first-order valence-corrected chi connectivity index (χ1v) is 8.72. The molecule has 1 fully saturated rings. The maximum Gasteiger partial charge on any atom is 0.294 e. The second-order valence-electron chi connectivity index (χ2n) is 5.39. The van der Waals surface area contributed by atoms with Crippen molar-refractivity contribution in [1.29, 1.82) is 0 Å². The minimum atomic E-state index is -0.549. The van der Waals surface area contributed by atoms with Crippen LogP contribution in [-0.2, 0) is 9.59 Å². The van der Waals surface area contributed by atoms with Crippen LogP contribution < -0.4 is 5.32 Å². The Morgan fingerprint density at radius 1 is 1.19 bits per heavy atom. The molecular weight excluding hydrogens is 376 g/mol. The highest BCUT2D eigenvalue weighted by molar-refractivity contribution is 8.18. The zero-order chi connectivity index (χ0) is 18.7. The molecule has 2 aromatic rings. The van der Waals surface area contributed by atoms with Gasteiger partial charge in [-0.1, -0.05) is 35.9 Å². The summed E-state index contributed by atoms with van der Waals surface area (Å²) >= 11 is 6.59. The zero-order valence-corrected chi connectivity index (χ0v) is 14.9. The van der Waals surface area contributed by atoms with Crippen molar-refractivity contribution in [1.82, 2.24) is 4.90 Å². The first-order valence-electron chi connectivity index (χ1n) is 7.53. The van der Waals surface area contributed by atoms with Gasteiger partial charge in [-0.15, -0.1) is 0 Å². The topological polar surface area (TPSA) is 86.7 Å². The van der Waals surface area contributed by atoms with Crippen molar-refractivity contribution in [2.45, 2.75) is 0 Å². The third kappa shape index (κ3) is 4.07. The Hall–Kier alpha value is -2.77. The van der Waals surface area contributed by atoms with Gasteiger partial charge in [0.05, 0.1) is 9.93 Å². The average molecular weight is 389 g/mol. The monoisotopic (exact) mass is 388 g/mol. The highest BCUT2D eigenvalue weighted by atomic mass is 35.5. The van der Waals surface area contributed by atoms with Crippen LogP contribution in [0.25, 0.3) is 6.08 Å². The Morgan fingerprint density at radius 3 is 2.62 bits per heavy atom. The van der Waals surface area contributed by atoms with Gasteiger partial charge in [0, 0.05) is 5.69 Å². The van der Waals surface area contributed by atoms with Gasteiger partial charge in [-0.25, -0.2) is 0 Å². The number of phenols is 1. The first kappa shape index (κ1) is 18.0. The van der Waals surface area contributed by atoms with Crippen LogP contribution in [0.5, 0.6) is 5.75 Å². The molecule has 0 atom stereocenters. The Kier molecular flexibility index (Phi) is 5.29. The maximum absolute atomic E-state index is 12.4. The van der Waals surface area contributed by atoms with E-state index in [1.54, 1.807) is 30.3 Å². The number of phenolic OH excluding ortho intramolecular Hbond substituents is 1. The molecule has 3 rings (SSSR count). The fourth-order valence-electron chi connectivity index (χ4n) is 2.27. The van der Waals surface area contributed by atoms with Crippen LogP contribution in [0.15, 0.2) is 53.4 Å². The highest BCUT2D eigenvalue weighted by Crippen LogP contribution is 2.33. The van der Waals surface area contributed by atoms with Gasteiger partial charge in [0.2, 0.25) is 5.91 Å². The molecule has 1 saturated heterocycles. The largest absolute Gasteiger partial charge is 0.506 e. The Balaban J connectivity index is 1.71. The molecular formula is C18H13ClN2O4S. The summed E-state index contributed by atoms with van der Waals surface area (Å²) in [7, 11) is 0. The summed E-state index contributed by atoms with van der Waals surface area (Å²) in [6, 6.07) is 13.2. The van der Waals surface area contributed by atoms with Gasteiger partial charge in [-0.3, -0.25) is 19.3 Å². The summed E-state index contributed by atoms with van der Waals surface area (Å²) < 4.78 is 0. The number of benzene rings is 2. The van der Waals surface area contributed by atoms with Crippen LogP contribution in [0, 0.1) is 0 Å². The number of imide groups is 1. The molecule has 0 aliphatic carbocycles. The number of nitrogens with zero attached hydrogens (tertiary/aromatic N) is 1. The van der Waals surface area contributed by atoms with E-state index >= 15 is 0 Å². The predicted molar refractivity (Wildman–Crippen MR) is 101 cm³/mol. The fourth-order valence-corrected chi connectivity index (χ4v) is 3.29. The highest BCUT2D eigenvalue weighted by Gasteiger charge is 2.36. The minimum Gasteiger partial charge on any atom is -0.506 e. The predicted octanol–water partition coefficient (Wildman–Crippen LogP) is 3.72. The normalized spacial score (nSPS) is 15.6. The molecule has 6 nitrogen and oxygen atoms in total. The van der Waals surface area contributed by atoms with Crippen molar-refractivity contribution in [2.24, 2.45) is 0 Å². The van der Waals surface area contributed by atoms with E-state index in [2.05, 4.69) is 5.32 Å². The molecule has 1 aliphatic rings. The van der Waals surface area contributed by atoms with Gasteiger partial charge in [-0.2, -0.15) is 0 Å². The van der Waals surface area contributed by atoms with E-state index in [0.29, 0.717) is 11.3 Å². The number of anilines is 1. The SMILES string of the molecule is O=C(CN1C(=O)S/C(=C\c2ccc(O)c(Cl)c2)C1=O)Nc1ccccc1. The lowest BCUT2D eigenvalue weighted by Gasteiger charge is -2.12. The molecule has 3 amide bonds. The van der Waals surface area contributed by atoms with Crippen molar-refractivity contribution in [3.63, 3.8) is 0 Å². The molecule has 2 N–H and O–H groups in total. The molecule has 1 aliphatic heterocycles. The molecule has 0 unspecified atom stereocenters. The number of hydrogen-bond acceptors (Lipinski definition) is 5. The van der Waals surface area contributed by atoms with E-state index in [1.807, 2.05) is 6.07 Å². The lowest BCUT2D eigenvalue weighted by Crippen LogP contribution is -2.36. The summed E-state index contributed by atoms with van der Waals surface area (Å²) in [6.07, 6.45) is 1.49. The van der Waals surface area contributed by atoms with Crippen molar-refractivity contribution in [2.75, 3.05) is 11.9 Å². The third-order valence-electron chi connectivity index (χ3n) is 3.50. The molecule has 0 saturated carbocycles. The Labute approximate surface area is 158 Å². The van der Waals surface area contributed by atoms with E-state index in [1.165, 1.54) is 18.2 Å². The van der Waals surface area contributed by atoms with Crippen LogP contribution in [0.3, 0.4) is 0 Å². The van der Waals surface area contributed by atoms with E-state index in [0.717, 1.165) is 16.7 Å². The van der Waals surface area contributed by atoms with Gasteiger partial charge < -0.3 is 10.4 Å². The molecule has 0 aromatic heterocycles. The van der Waals surface area contributed by atoms with E-state index < -0.39 is 17.1 Å². The Morgan fingerprint density at radius 2 is 1.92 bits per heavy atom. The minimum absolute atomic E-state index is 0.0745. The quantitative estimate of drug-likeness (QED) is 0.779. The number of rotatable bonds is 4. The second-order valence-corrected chi connectivity index (χ2v) is 6.79. The van der Waals surface area contributed by atoms with Crippen LogP contribution in [0.4, 0.5) is 10.5 Å². The number of aromatic hydroxyl groups is 1. The number of nitrogens with one attached hydrogen (secondary N) is 1. The lowest BCUT2D eigenvalue weighted by atomic mass is 10.2. The van der Waals surface area contributed by atoms with Gasteiger partial charge in [0.15, 0.2) is 0 Å². The maximum atomic E-state index is 12.4. The number of halogens is 1. The van der Waals surface area contributed by atoms with Gasteiger partial charge >= 0.3 is 0 Å². The molecule has 2 aromatic carbocycles. The molecule has 1 heterocycles. The van der Waals surface area contributed by atoms with Crippen LogP contribution in [-0.4, -0.2) is 33.6 Å².